The Balaban J connectivity index is 1.71. The zero-order chi connectivity index (χ0) is 21.3. The number of halogens is 1. The second-order valence-corrected chi connectivity index (χ2v) is 6.74. The number of amides is 1. The van der Waals surface area contributed by atoms with Crippen LogP contribution in [0, 0.1) is 5.82 Å². The van der Waals surface area contributed by atoms with Gasteiger partial charge in [0.15, 0.2) is 0 Å². The van der Waals surface area contributed by atoms with E-state index in [0.717, 1.165) is 5.39 Å². The number of benzene rings is 4. The van der Waals surface area contributed by atoms with Gasteiger partial charge in [-0.3, -0.25) is 4.79 Å². The Morgan fingerprint density at radius 3 is 2.30 bits per heavy atom. The van der Waals surface area contributed by atoms with Crippen molar-refractivity contribution >= 4 is 28.3 Å². The first-order chi connectivity index (χ1) is 14.4. The highest BCUT2D eigenvalue weighted by Crippen LogP contribution is 2.28. The molecule has 0 radical (unpaired) electrons. The van der Waals surface area contributed by atoms with Crippen LogP contribution in [0.2, 0.25) is 0 Å². The predicted molar refractivity (Wildman–Crippen MR) is 112 cm³/mol. The van der Waals surface area contributed by atoms with Crippen molar-refractivity contribution in [1.82, 2.24) is 0 Å². The van der Waals surface area contributed by atoms with Crippen molar-refractivity contribution in [2.75, 3.05) is 5.32 Å². The van der Waals surface area contributed by atoms with E-state index in [1.807, 2.05) is 6.07 Å². The van der Waals surface area contributed by atoms with Crippen LogP contribution in [0.4, 0.5) is 10.1 Å². The third-order valence-corrected chi connectivity index (χ3v) is 4.80. The Morgan fingerprint density at radius 2 is 1.57 bits per heavy atom. The maximum Gasteiger partial charge on any atom is 0.337 e. The summed E-state index contributed by atoms with van der Waals surface area (Å²) in [4.78, 5) is 24.4. The summed E-state index contributed by atoms with van der Waals surface area (Å²) in [5.41, 5.74) is 1.63. The summed E-state index contributed by atoms with van der Waals surface area (Å²) in [5.74, 6) is -2.04. The number of hydrogen-bond donors (Lipinski definition) is 3. The second kappa shape index (κ2) is 7.67. The summed E-state index contributed by atoms with van der Waals surface area (Å²) in [6.45, 7) is 0. The van der Waals surface area contributed by atoms with Crippen LogP contribution in [-0.4, -0.2) is 22.1 Å². The van der Waals surface area contributed by atoms with Crippen molar-refractivity contribution in [3.05, 3.63) is 95.8 Å². The molecule has 0 aliphatic carbocycles. The first-order valence-electron chi connectivity index (χ1n) is 9.09. The van der Waals surface area contributed by atoms with E-state index < -0.39 is 11.9 Å². The molecule has 0 aromatic heterocycles. The number of aromatic carboxylic acids is 1. The van der Waals surface area contributed by atoms with Gasteiger partial charge in [0.2, 0.25) is 0 Å². The third kappa shape index (κ3) is 3.71. The van der Waals surface area contributed by atoms with Gasteiger partial charge in [0, 0.05) is 10.9 Å². The van der Waals surface area contributed by atoms with Gasteiger partial charge in [-0.15, -0.1) is 0 Å². The van der Waals surface area contributed by atoms with Crippen LogP contribution in [0.3, 0.4) is 0 Å². The van der Waals surface area contributed by atoms with Gasteiger partial charge in [0.25, 0.3) is 5.91 Å². The maximum atomic E-state index is 13.2. The number of phenolic OH excluding ortho intramolecular Hbond substituents is 1. The average Bonchev–Trinajstić information content (AvgIpc) is 2.74. The number of carboxylic acids is 1. The van der Waals surface area contributed by atoms with E-state index in [-0.39, 0.29) is 28.4 Å². The van der Waals surface area contributed by atoms with Gasteiger partial charge in [0.05, 0.1) is 11.3 Å². The zero-order valence-electron chi connectivity index (χ0n) is 15.6. The summed E-state index contributed by atoms with van der Waals surface area (Å²) in [6.07, 6.45) is 0. The van der Waals surface area contributed by atoms with E-state index in [4.69, 9.17) is 0 Å². The number of carbonyl (C=O) groups excluding carboxylic acids is 1. The van der Waals surface area contributed by atoms with E-state index in [0.29, 0.717) is 16.5 Å². The van der Waals surface area contributed by atoms with Gasteiger partial charge >= 0.3 is 5.97 Å². The molecule has 0 spiro atoms. The molecule has 4 aromatic carbocycles. The lowest BCUT2D eigenvalue weighted by atomic mass is 10.0. The molecule has 0 bridgehead atoms. The SMILES string of the molecule is O=C(Nc1cc(-c2ccc(F)cc2)ccc1C(=O)O)c1ccc2cccc(O)c2c1. The second-order valence-electron chi connectivity index (χ2n) is 6.74. The number of carbonyl (C=O) groups is 2. The molecule has 3 N–H and O–H groups in total. The zero-order valence-corrected chi connectivity index (χ0v) is 15.6. The van der Waals surface area contributed by atoms with Crippen LogP contribution in [0.25, 0.3) is 21.9 Å². The summed E-state index contributed by atoms with van der Waals surface area (Å²) in [6, 6.07) is 20.2. The topological polar surface area (TPSA) is 86.6 Å². The lowest BCUT2D eigenvalue weighted by molar-refractivity contribution is 0.0698. The Labute approximate surface area is 171 Å². The quantitative estimate of drug-likeness (QED) is 0.433. The molecule has 0 atom stereocenters. The molecule has 1 amide bonds. The molecule has 0 fully saturated rings. The number of aromatic hydroxyl groups is 1. The predicted octanol–water partition coefficient (Wildman–Crippen LogP) is 5.30. The fourth-order valence-electron chi connectivity index (χ4n) is 3.25. The number of phenols is 1. The molecule has 0 heterocycles. The number of nitrogens with one attached hydrogen (secondary N) is 1. The first kappa shape index (κ1) is 19.1. The normalized spacial score (nSPS) is 10.7. The van der Waals surface area contributed by atoms with Crippen molar-refractivity contribution in [3.8, 4) is 16.9 Å². The molecule has 30 heavy (non-hydrogen) atoms. The van der Waals surface area contributed by atoms with Crippen LogP contribution < -0.4 is 5.32 Å². The van der Waals surface area contributed by atoms with E-state index in [2.05, 4.69) is 5.32 Å². The minimum absolute atomic E-state index is 0.0479. The van der Waals surface area contributed by atoms with Gasteiger partial charge in [-0.05, 0) is 59.0 Å². The van der Waals surface area contributed by atoms with Gasteiger partial charge in [-0.2, -0.15) is 0 Å². The molecular formula is C24H16FNO4. The number of carboxylic acid groups (broad SMARTS) is 1. The Morgan fingerprint density at radius 1 is 0.833 bits per heavy atom. The minimum atomic E-state index is -1.19. The van der Waals surface area contributed by atoms with Crippen LogP contribution in [0.1, 0.15) is 20.7 Å². The van der Waals surface area contributed by atoms with Crippen LogP contribution in [0.5, 0.6) is 5.75 Å². The van der Waals surface area contributed by atoms with Crippen molar-refractivity contribution < 1.29 is 24.2 Å². The van der Waals surface area contributed by atoms with Gasteiger partial charge in [-0.1, -0.05) is 36.4 Å². The van der Waals surface area contributed by atoms with E-state index in [9.17, 15) is 24.2 Å². The molecule has 5 nitrogen and oxygen atoms in total. The summed E-state index contributed by atoms with van der Waals surface area (Å²) in [5, 5.41) is 23.5. The Hall–Kier alpha value is -4.19. The number of anilines is 1. The average molecular weight is 401 g/mol. The molecule has 0 aliphatic rings. The highest BCUT2D eigenvalue weighted by atomic mass is 19.1. The molecule has 4 rings (SSSR count). The van der Waals surface area contributed by atoms with Gasteiger partial charge in [0.1, 0.15) is 11.6 Å². The molecule has 6 heteroatoms. The summed E-state index contributed by atoms with van der Waals surface area (Å²) >= 11 is 0. The van der Waals surface area contributed by atoms with Crippen LogP contribution in [-0.2, 0) is 0 Å². The smallest absolute Gasteiger partial charge is 0.337 e. The van der Waals surface area contributed by atoms with E-state index in [1.165, 1.54) is 30.3 Å². The molecular weight excluding hydrogens is 385 g/mol. The standard InChI is InChI=1S/C24H16FNO4/c25-18-9-6-14(7-10-18)16-8-11-19(24(29)30)21(13-16)26-23(28)17-5-4-15-2-1-3-22(27)20(15)12-17/h1-13,27H,(H,26,28)(H,29,30). The fraction of sp³-hybridized carbons (Fsp3) is 0. The lowest BCUT2D eigenvalue weighted by Gasteiger charge is -2.12. The van der Waals surface area contributed by atoms with Crippen LogP contribution >= 0.6 is 0 Å². The first-order valence-corrected chi connectivity index (χ1v) is 9.09. The van der Waals surface area contributed by atoms with Crippen molar-refractivity contribution in [1.29, 1.82) is 0 Å². The summed E-state index contributed by atoms with van der Waals surface area (Å²) in [7, 11) is 0. The van der Waals surface area contributed by atoms with Gasteiger partial charge < -0.3 is 15.5 Å². The number of rotatable bonds is 4. The lowest BCUT2D eigenvalue weighted by Crippen LogP contribution is -2.15. The highest BCUT2D eigenvalue weighted by Gasteiger charge is 2.16. The fourth-order valence-corrected chi connectivity index (χ4v) is 3.25. The molecule has 148 valence electrons. The third-order valence-electron chi connectivity index (χ3n) is 4.80. The number of fused-ring (bicyclic) bond motifs is 1. The maximum absolute atomic E-state index is 13.2. The molecule has 0 unspecified atom stereocenters. The minimum Gasteiger partial charge on any atom is -0.507 e. The molecule has 4 aromatic rings. The van der Waals surface area contributed by atoms with Crippen molar-refractivity contribution in [3.63, 3.8) is 0 Å². The van der Waals surface area contributed by atoms with E-state index >= 15 is 0 Å². The monoisotopic (exact) mass is 401 g/mol. The Bertz CT molecular complexity index is 1280. The summed E-state index contributed by atoms with van der Waals surface area (Å²) < 4.78 is 13.2. The van der Waals surface area contributed by atoms with Crippen molar-refractivity contribution in [2.45, 2.75) is 0 Å². The van der Waals surface area contributed by atoms with E-state index in [1.54, 1.807) is 42.5 Å². The Kier molecular flexibility index (Phi) is 4.90. The van der Waals surface area contributed by atoms with Gasteiger partial charge in [-0.25, -0.2) is 9.18 Å². The molecule has 0 aliphatic heterocycles. The number of hydrogen-bond acceptors (Lipinski definition) is 3. The molecule has 0 saturated carbocycles. The van der Waals surface area contributed by atoms with Crippen molar-refractivity contribution in [2.24, 2.45) is 0 Å². The van der Waals surface area contributed by atoms with Crippen LogP contribution in [0.15, 0.2) is 78.9 Å². The highest BCUT2D eigenvalue weighted by molar-refractivity contribution is 6.10. The molecule has 0 saturated heterocycles. The largest absolute Gasteiger partial charge is 0.507 e.